The highest BCUT2D eigenvalue weighted by atomic mass is 16.6. The van der Waals surface area contributed by atoms with Gasteiger partial charge in [0.1, 0.15) is 6.54 Å². The maximum Gasteiger partial charge on any atom is 0.309 e. The standard InChI is InChI=1S/C35H70NO4/c1-6-8-10-12-14-16-18-20-22-24-26-28-30-39-35(38)31-33(32-36(3,4)5)40-34(37)29-27-25-23-21-19-17-15-13-11-9-7-2/h33H,6-32H2,1-5H3/q+1. The molecule has 0 saturated heterocycles. The van der Waals surface area contributed by atoms with Crippen molar-refractivity contribution in [2.45, 2.75) is 180 Å². The number of quaternary nitrogens is 1. The van der Waals surface area contributed by atoms with Crippen molar-refractivity contribution in [1.29, 1.82) is 0 Å². The maximum absolute atomic E-state index is 12.5. The zero-order valence-corrected chi connectivity index (χ0v) is 27.7. The van der Waals surface area contributed by atoms with Crippen LogP contribution in [0.5, 0.6) is 0 Å². The van der Waals surface area contributed by atoms with Crippen molar-refractivity contribution < 1.29 is 23.5 Å². The van der Waals surface area contributed by atoms with Crippen LogP contribution in [0.2, 0.25) is 0 Å². The van der Waals surface area contributed by atoms with Crippen LogP contribution in [-0.2, 0) is 19.1 Å². The minimum absolute atomic E-state index is 0.151. The van der Waals surface area contributed by atoms with Gasteiger partial charge in [-0.1, -0.05) is 149 Å². The Bertz CT molecular complexity index is 572. The van der Waals surface area contributed by atoms with Gasteiger partial charge in [0, 0.05) is 6.42 Å². The zero-order valence-electron chi connectivity index (χ0n) is 27.7. The van der Waals surface area contributed by atoms with E-state index in [0.717, 1.165) is 25.7 Å². The van der Waals surface area contributed by atoms with E-state index < -0.39 is 6.10 Å². The molecule has 5 heteroatoms. The fourth-order valence-corrected chi connectivity index (χ4v) is 5.31. The van der Waals surface area contributed by atoms with Gasteiger partial charge in [0.15, 0.2) is 6.10 Å². The fraction of sp³-hybridized carbons (Fsp3) is 0.943. The highest BCUT2D eigenvalue weighted by Crippen LogP contribution is 2.15. The molecule has 238 valence electrons. The van der Waals surface area contributed by atoms with Crippen molar-refractivity contribution in [1.82, 2.24) is 0 Å². The molecule has 0 aromatic heterocycles. The predicted octanol–water partition coefficient (Wildman–Crippen LogP) is 9.94. The van der Waals surface area contributed by atoms with Gasteiger partial charge < -0.3 is 14.0 Å². The molecule has 0 aliphatic rings. The van der Waals surface area contributed by atoms with E-state index in [0.29, 0.717) is 24.1 Å². The summed E-state index contributed by atoms with van der Waals surface area (Å²) in [6.07, 6.45) is 29.5. The first-order chi connectivity index (χ1) is 19.3. The molecule has 0 rings (SSSR count). The van der Waals surface area contributed by atoms with Crippen LogP contribution in [0, 0.1) is 0 Å². The lowest BCUT2D eigenvalue weighted by molar-refractivity contribution is -0.873. The van der Waals surface area contributed by atoms with Crippen LogP contribution < -0.4 is 0 Å². The number of hydrogen-bond donors (Lipinski definition) is 0. The van der Waals surface area contributed by atoms with E-state index in [9.17, 15) is 9.59 Å². The molecule has 0 radical (unpaired) electrons. The molecule has 0 heterocycles. The first-order valence-electron chi connectivity index (χ1n) is 17.4. The van der Waals surface area contributed by atoms with Gasteiger partial charge in [-0.25, -0.2) is 0 Å². The molecule has 5 nitrogen and oxygen atoms in total. The van der Waals surface area contributed by atoms with E-state index in [1.807, 2.05) is 0 Å². The molecule has 0 N–H and O–H groups in total. The van der Waals surface area contributed by atoms with E-state index >= 15 is 0 Å². The highest BCUT2D eigenvalue weighted by Gasteiger charge is 2.25. The van der Waals surface area contributed by atoms with Crippen LogP contribution in [0.1, 0.15) is 174 Å². The molecule has 0 aliphatic carbocycles. The van der Waals surface area contributed by atoms with Gasteiger partial charge in [-0.3, -0.25) is 9.59 Å². The molecule has 0 aromatic rings. The molecule has 0 bridgehead atoms. The molecule has 40 heavy (non-hydrogen) atoms. The SMILES string of the molecule is CCCCCCCCCCCCCCOC(=O)CC(C[N+](C)(C)C)OC(=O)CCCCCCCCCCCCC. The molecule has 0 aromatic carbocycles. The smallest absolute Gasteiger partial charge is 0.309 e. The molecule has 0 saturated carbocycles. The van der Waals surface area contributed by atoms with E-state index in [4.69, 9.17) is 9.47 Å². The number of esters is 2. The van der Waals surface area contributed by atoms with Gasteiger partial charge in [-0.15, -0.1) is 0 Å². The van der Waals surface area contributed by atoms with E-state index in [1.54, 1.807) is 0 Å². The monoisotopic (exact) mass is 569 g/mol. The second kappa shape index (κ2) is 28.0. The van der Waals surface area contributed by atoms with E-state index in [2.05, 4.69) is 35.0 Å². The van der Waals surface area contributed by atoms with Crippen molar-refractivity contribution in [2.24, 2.45) is 0 Å². The quantitative estimate of drug-likeness (QED) is 0.0491. The second-order valence-electron chi connectivity index (χ2n) is 13.2. The summed E-state index contributed by atoms with van der Waals surface area (Å²) >= 11 is 0. The van der Waals surface area contributed by atoms with Gasteiger partial charge in [0.05, 0.1) is 34.2 Å². The van der Waals surface area contributed by atoms with Gasteiger partial charge in [-0.05, 0) is 12.8 Å². The first-order valence-corrected chi connectivity index (χ1v) is 17.4. The predicted molar refractivity (Wildman–Crippen MR) is 171 cm³/mol. The number of hydrogen-bond acceptors (Lipinski definition) is 4. The zero-order chi connectivity index (χ0) is 29.7. The molecular formula is C35H70NO4+. The fourth-order valence-electron chi connectivity index (χ4n) is 5.31. The van der Waals surface area contributed by atoms with Crippen LogP contribution >= 0.6 is 0 Å². The third kappa shape index (κ3) is 29.9. The van der Waals surface area contributed by atoms with E-state index in [-0.39, 0.29) is 18.4 Å². The summed E-state index contributed by atoms with van der Waals surface area (Å²) < 4.78 is 11.9. The topological polar surface area (TPSA) is 52.6 Å². The van der Waals surface area contributed by atoms with Crippen molar-refractivity contribution in [3.63, 3.8) is 0 Å². The first kappa shape index (κ1) is 38.9. The summed E-state index contributed by atoms with van der Waals surface area (Å²) in [4.78, 5) is 24.9. The van der Waals surface area contributed by atoms with Gasteiger partial charge in [0.2, 0.25) is 0 Å². The number of ether oxygens (including phenoxy) is 2. The Labute approximate surface area is 250 Å². The molecule has 0 fully saturated rings. The summed E-state index contributed by atoms with van der Waals surface area (Å²) in [5.74, 6) is -0.424. The van der Waals surface area contributed by atoms with Gasteiger partial charge in [0.25, 0.3) is 0 Å². The van der Waals surface area contributed by atoms with Crippen LogP contribution in [-0.4, -0.2) is 56.8 Å². The Morgan fingerprint density at radius 1 is 0.525 bits per heavy atom. The van der Waals surface area contributed by atoms with E-state index in [1.165, 1.54) is 122 Å². The Hall–Kier alpha value is -1.10. The Kier molecular flexibility index (Phi) is 27.3. The molecule has 0 aliphatic heterocycles. The van der Waals surface area contributed by atoms with Crippen molar-refractivity contribution in [3.8, 4) is 0 Å². The van der Waals surface area contributed by atoms with Crippen molar-refractivity contribution in [2.75, 3.05) is 34.3 Å². The lowest BCUT2D eigenvalue weighted by Gasteiger charge is -2.28. The summed E-state index contributed by atoms with van der Waals surface area (Å²) in [5.41, 5.74) is 0. The molecule has 1 unspecified atom stereocenters. The lowest BCUT2D eigenvalue weighted by atomic mass is 10.1. The molecule has 1 atom stereocenters. The number of rotatable bonds is 30. The van der Waals surface area contributed by atoms with Crippen LogP contribution in [0.15, 0.2) is 0 Å². The summed E-state index contributed by atoms with van der Waals surface area (Å²) in [7, 11) is 6.17. The number of unbranched alkanes of at least 4 members (excludes halogenated alkanes) is 21. The number of likely N-dealkylation sites (N-methyl/N-ethyl adjacent to an activating group) is 1. The molecular weight excluding hydrogens is 498 g/mol. The minimum atomic E-state index is -0.422. The summed E-state index contributed by atoms with van der Waals surface area (Å²) in [5, 5.41) is 0. The Morgan fingerprint density at radius 3 is 1.30 bits per heavy atom. The number of carbonyl (C=O) groups excluding carboxylic acids is 2. The van der Waals surface area contributed by atoms with Crippen LogP contribution in [0.4, 0.5) is 0 Å². The minimum Gasteiger partial charge on any atom is -0.466 e. The Morgan fingerprint density at radius 2 is 0.900 bits per heavy atom. The maximum atomic E-state index is 12.5. The average molecular weight is 569 g/mol. The van der Waals surface area contributed by atoms with Gasteiger partial charge >= 0.3 is 11.9 Å². The average Bonchev–Trinajstić information content (AvgIpc) is 2.89. The third-order valence-electron chi connectivity index (χ3n) is 7.69. The number of carbonyl (C=O) groups is 2. The highest BCUT2D eigenvalue weighted by molar-refractivity contribution is 5.72. The van der Waals surface area contributed by atoms with Crippen molar-refractivity contribution in [3.05, 3.63) is 0 Å². The molecule has 0 amide bonds. The Balaban J connectivity index is 3.92. The number of nitrogens with zero attached hydrogens (tertiary/aromatic N) is 1. The molecule has 0 spiro atoms. The summed E-state index contributed by atoms with van der Waals surface area (Å²) in [6, 6.07) is 0. The van der Waals surface area contributed by atoms with Crippen molar-refractivity contribution >= 4 is 11.9 Å². The third-order valence-corrected chi connectivity index (χ3v) is 7.69. The largest absolute Gasteiger partial charge is 0.466 e. The lowest BCUT2D eigenvalue weighted by Crippen LogP contribution is -2.44. The van der Waals surface area contributed by atoms with Crippen LogP contribution in [0.3, 0.4) is 0 Å². The van der Waals surface area contributed by atoms with Crippen LogP contribution in [0.25, 0.3) is 0 Å². The van der Waals surface area contributed by atoms with Gasteiger partial charge in [-0.2, -0.15) is 0 Å². The normalized spacial score (nSPS) is 12.4. The summed E-state index contributed by atoms with van der Waals surface area (Å²) in [6.45, 7) is 5.61. The second-order valence-corrected chi connectivity index (χ2v) is 13.2.